The lowest BCUT2D eigenvalue weighted by atomic mass is 9.70. The summed E-state index contributed by atoms with van der Waals surface area (Å²) >= 11 is 0. The Labute approximate surface area is 389 Å². The van der Waals surface area contributed by atoms with E-state index in [4.69, 9.17) is 4.42 Å². The lowest BCUT2D eigenvalue weighted by Gasteiger charge is -2.32. The van der Waals surface area contributed by atoms with Crippen molar-refractivity contribution in [2.75, 3.05) is 4.90 Å². The Kier molecular flexibility index (Phi) is 8.23. The highest BCUT2D eigenvalue weighted by molar-refractivity contribution is 6.19. The molecule has 1 spiro atoms. The SMILES string of the molecule is c1ccc(-c2ccc(-c3c4ccccc4cc4c3oc3cc(N(c5ccc6c(c5)C5(c7ccccc7-c7ccccc75)c5ccccc5-6)c5ccccc5-c5ccccc5)ccc34)cc2)cc1. The first-order valence-electron chi connectivity index (χ1n) is 23.2. The Morgan fingerprint density at radius 2 is 0.821 bits per heavy atom. The largest absolute Gasteiger partial charge is 0.455 e. The number of nitrogens with zero attached hydrogens (tertiary/aromatic N) is 1. The quantitative estimate of drug-likeness (QED) is 0.166. The van der Waals surface area contributed by atoms with Crippen molar-refractivity contribution in [3.8, 4) is 55.6 Å². The zero-order valence-electron chi connectivity index (χ0n) is 36.5. The maximum atomic E-state index is 7.18. The molecule has 0 radical (unpaired) electrons. The Bertz CT molecular complexity index is 3860. The standard InChI is InChI=1S/C65H41NO/c1-3-17-42(18-4-1)43-31-33-45(34-32-43)63-50-23-8-7-21-46(50)39-56-55-38-36-48(41-62(55)67-64(56)63)66(61-30-16-12-22-49(61)44-19-5-2-6-20-44)47-35-37-54-53-26-11-15-29-59(53)65(60(54)40-47)57-27-13-9-24-51(57)52-25-10-14-28-58(52)65/h1-41H. The molecule has 0 amide bonds. The summed E-state index contributed by atoms with van der Waals surface area (Å²) in [5.41, 5.74) is 21.8. The minimum Gasteiger partial charge on any atom is -0.455 e. The van der Waals surface area contributed by atoms with Crippen LogP contribution in [0.2, 0.25) is 0 Å². The minimum atomic E-state index is -0.472. The van der Waals surface area contributed by atoms with Gasteiger partial charge in [0.1, 0.15) is 11.2 Å². The van der Waals surface area contributed by atoms with Crippen molar-refractivity contribution in [3.05, 3.63) is 271 Å². The van der Waals surface area contributed by atoms with Gasteiger partial charge in [0.25, 0.3) is 0 Å². The van der Waals surface area contributed by atoms with Gasteiger partial charge in [-0.05, 0) is 114 Å². The Morgan fingerprint density at radius 1 is 0.313 bits per heavy atom. The van der Waals surface area contributed by atoms with Gasteiger partial charge in [0, 0.05) is 39.3 Å². The topological polar surface area (TPSA) is 16.4 Å². The van der Waals surface area contributed by atoms with Crippen LogP contribution in [0, 0.1) is 0 Å². The number of furan rings is 1. The molecular formula is C65H41NO. The van der Waals surface area contributed by atoms with E-state index in [1.165, 1.54) is 66.4 Å². The monoisotopic (exact) mass is 851 g/mol. The minimum absolute atomic E-state index is 0.472. The van der Waals surface area contributed by atoms with Gasteiger partial charge in [0.15, 0.2) is 0 Å². The third-order valence-electron chi connectivity index (χ3n) is 14.5. The molecule has 12 aromatic rings. The van der Waals surface area contributed by atoms with Gasteiger partial charge in [-0.15, -0.1) is 0 Å². The van der Waals surface area contributed by atoms with Gasteiger partial charge in [-0.1, -0.05) is 206 Å². The first-order chi connectivity index (χ1) is 33.2. The summed E-state index contributed by atoms with van der Waals surface area (Å²) in [5, 5.41) is 4.55. The third kappa shape index (κ3) is 5.51. The number of para-hydroxylation sites is 1. The zero-order valence-corrected chi connectivity index (χ0v) is 36.5. The number of fused-ring (bicyclic) bond motifs is 14. The van der Waals surface area contributed by atoms with Crippen LogP contribution in [0.5, 0.6) is 0 Å². The van der Waals surface area contributed by atoms with E-state index in [1.807, 2.05) is 0 Å². The summed E-state index contributed by atoms with van der Waals surface area (Å²) < 4.78 is 7.18. The second-order valence-electron chi connectivity index (χ2n) is 17.9. The molecule has 2 nitrogen and oxygen atoms in total. The van der Waals surface area contributed by atoms with Gasteiger partial charge >= 0.3 is 0 Å². The van der Waals surface area contributed by atoms with Gasteiger partial charge in [0.05, 0.1) is 11.1 Å². The summed E-state index contributed by atoms with van der Waals surface area (Å²) in [5.74, 6) is 0. The fraction of sp³-hybridized carbons (Fsp3) is 0.0154. The predicted molar refractivity (Wildman–Crippen MR) is 279 cm³/mol. The second-order valence-corrected chi connectivity index (χ2v) is 17.9. The van der Waals surface area contributed by atoms with Crippen molar-refractivity contribution in [2.45, 2.75) is 5.41 Å². The fourth-order valence-corrected chi connectivity index (χ4v) is 11.6. The first-order valence-corrected chi connectivity index (χ1v) is 23.2. The van der Waals surface area contributed by atoms with Crippen molar-refractivity contribution < 1.29 is 4.42 Å². The van der Waals surface area contributed by atoms with Crippen LogP contribution in [0.1, 0.15) is 22.3 Å². The zero-order chi connectivity index (χ0) is 44.1. The molecule has 2 heteroatoms. The highest BCUT2D eigenvalue weighted by Crippen LogP contribution is 2.63. The van der Waals surface area contributed by atoms with E-state index >= 15 is 0 Å². The van der Waals surface area contributed by atoms with E-state index in [0.717, 1.165) is 61.3 Å². The molecule has 0 saturated carbocycles. The Hall–Kier alpha value is -8.72. The van der Waals surface area contributed by atoms with Gasteiger partial charge in [-0.25, -0.2) is 0 Å². The van der Waals surface area contributed by atoms with Crippen molar-refractivity contribution in [1.29, 1.82) is 0 Å². The van der Waals surface area contributed by atoms with Gasteiger partial charge in [0.2, 0.25) is 0 Å². The lowest BCUT2D eigenvalue weighted by Crippen LogP contribution is -2.26. The fourth-order valence-electron chi connectivity index (χ4n) is 11.6. The molecule has 1 aromatic heterocycles. The lowest BCUT2D eigenvalue weighted by molar-refractivity contribution is 0.670. The second kappa shape index (κ2) is 14.7. The molecular weight excluding hydrogens is 811 g/mol. The van der Waals surface area contributed by atoms with E-state index in [-0.39, 0.29) is 0 Å². The molecule has 0 N–H and O–H groups in total. The normalized spacial score (nSPS) is 12.9. The van der Waals surface area contributed by atoms with Crippen LogP contribution >= 0.6 is 0 Å². The summed E-state index contributed by atoms with van der Waals surface area (Å²) in [6.07, 6.45) is 0. The van der Waals surface area contributed by atoms with Crippen molar-refractivity contribution in [2.24, 2.45) is 0 Å². The molecule has 2 aliphatic carbocycles. The highest BCUT2D eigenvalue weighted by Gasteiger charge is 2.51. The summed E-state index contributed by atoms with van der Waals surface area (Å²) in [6.45, 7) is 0. The van der Waals surface area contributed by atoms with Crippen LogP contribution in [-0.4, -0.2) is 0 Å². The van der Waals surface area contributed by atoms with Crippen LogP contribution in [-0.2, 0) is 5.41 Å². The molecule has 11 aromatic carbocycles. The number of anilines is 3. The number of hydrogen-bond acceptors (Lipinski definition) is 2. The van der Waals surface area contributed by atoms with Crippen LogP contribution in [0.25, 0.3) is 88.3 Å². The van der Waals surface area contributed by atoms with Crippen molar-refractivity contribution in [3.63, 3.8) is 0 Å². The summed E-state index contributed by atoms with van der Waals surface area (Å²) in [4.78, 5) is 2.44. The molecule has 2 aliphatic rings. The Balaban J connectivity index is 1.00. The van der Waals surface area contributed by atoms with E-state index < -0.39 is 5.41 Å². The predicted octanol–water partition coefficient (Wildman–Crippen LogP) is 17.6. The molecule has 0 aliphatic heterocycles. The summed E-state index contributed by atoms with van der Waals surface area (Å²) in [7, 11) is 0. The van der Waals surface area contributed by atoms with Crippen LogP contribution in [0.4, 0.5) is 17.1 Å². The first kappa shape index (κ1) is 37.6. The van der Waals surface area contributed by atoms with Crippen molar-refractivity contribution >= 4 is 49.8 Å². The van der Waals surface area contributed by atoms with E-state index in [2.05, 4.69) is 254 Å². The van der Waals surface area contributed by atoms with Crippen LogP contribution in [0.3, 0.4) is 0 Å². The number of hydrogen-bond donors (Lipinski definition) is 0. The average Bonchev–Trinajstić information content (AvgIpc) is 4.02. The number of benzene rings is 11. The molecule has 0 bridgehead atoms. The smallest absolute Gasteiger partial charge is 0.143 e. The summed E-state index contributed by atoms with van der Waals surface area (Å²) in [6, 6.07) is 91.1. The Morgan fingerprint density at radius 3 is 1.51 bits per heavy atom. The maximum Gasteiger partial charge on any atom is 0.143 e. The average molecular weight is 852 g/mol. The molecule has 0 atom stereocenters. The van der Waals surface area contributed by atoms with Gasteiger partial charge in [-0.2, -0.15) is 0 Å². The molecule has 1 heterocycles. The molecule has 0 unspecified atom stereocenters. The molecule has 0 saturated heterocycles. The molecule has 312 valence electrons. The molecule has 14 rings (SSSR count). The van der Waals surface area contributed by atoms with E-state index in [0.29, 0.717) is 0 Å². The van der Waals surface area contributed by atoms with Crippen molar-refractivity contribution in [1.82, 2.24) is 0 Å². The highest BCUT2D eigenvalue weighted by atomic mass is 16.3. The van der Waals surface area contributed by atoms with Gasteiger partial charge < -0.3 is 9.32 Å². The van der Waals surface area contributed by atoms with Crippen LogP contribution < -0.4 is 4.90 Å². The molecule has 67 heavy (non-hydrogen) atoms. The van der Waals surface area contributed by atoms with E-state index in [9.17, 15) is 0 Å². The molecule has 0 fully saturated rings. The van der Waals surface area contributed by atoms with Gasteiger partial charge in [-0.3, -0.25) is 0 Å². The number of rotatable bonds is 6. The third-order valence-corrected chi connectivity index (χ3v) is 14.5. The van der Waals surface area contributed by atoms with Crippen LogP contribution in [0.15, 0.2) is 253 Å². The maximum absolute atomic E-state index is 7.18. The van der Waals surface area contributed by atoms with E-state index in [1.54, 1.807) is 0 Å².